The molecule has 0 saturated heterocycles. The zero-order valence-electron chi connectivity index (χ0n) is 24.4. The average molecular weight is 593 g/mol. The van der Waals surface area contributed by atoms with Crippen molar-refractivity contribution in [3.05, 3.63) is 164 Å². The van der Waals surface area contributed by atoms with Crippen molar-refractivity contribution in [2.45, 2.75) is 0 Å². The van der Waals surface area contributed by atoms with Crippen LogP contribution in [0.3, 0.4) is 0 Å². The van der Waals surface area contributed by atoms with Gasteiger partial charge in [-0.2, -0.15) is 0 Å². The molecule has 0 amide bonds. The largest absolute Gasteiger partial charge is 0.356 e. The molecule has 0 atom stereocenters. The average Bonchev–Trinajstić information content (AvgIpc) is 3.66. The topological polar surface area (TPSA) is 17.0 Å². The third kappa shape index (κ3) is 4.32. The van der Waals surface area contributed by atoms with Crippen LogP contribution in [0.1, 0.15) is 0 Å². The highest BCUT2D eigenvalue weighted by Gasteiger charge is 2.18. The molecule has 3 heteroatoms. The van der Waals surface area contributed by atoms with Gasteiger partial charge in [-0.15, -0.1) is 11.3 Å². The zero-order chi connectivity index (χ0) is 29.7. The lowest BCUT2D eigenvalue weighted by Crippen LogP contribution is -1.92. The minimum atomic E-state index is 1.07. The van der Waals surface area contributed by atoms with E-state index in [4.69, 9.17) is 0 Å². The Balaban J connectivity index is 1.11. The van der Waals surface area contributed by atoms with Gasteiger partial charge in [0.15, 0.2) is 0 Å². The molecule has 212 valence electrons. The SMILES string of the molecule is c1ccc(-c2ccc(Nc3ccc(-c4cccc5c4sc4c5ccc5c4c4ccccc4n5-c4ccccc4)cc3)cc2)cc1. The van der Waals surface area contributed by atoms with Crippen LogP contribution >= 0.6 is 11.3 Å². The van der Waals surface area contributed by atoms with E-state index in [-0.39, 0.29) is 0 Å². The van der Waals surface area contributed by atoms with Gasteiger partial charge in [-0.05, 0) is 70.8 Å². The van der Waals surface area contributed by atoms with Crippen LogP contribution in [0.2, 0.25) is 0 Å². The molecular weight excluding hydrogens is 565 g/mol. The van der Waals surface area contributed by atoms with E-state index in [1.54, 1.807) is 0 Å². The van der Waals surface area contributed by atoms with Gasteiger partial charge in [-0.3, -0.25) is 0 Å². The molecule has 9 aromatic rings. The molecule has 45 heavy (non-hydrogen) atoms. The molecule has 1 N–H and O–H groups in total. The smallest absolute Gasteiger partial charge is 0.0555 e. The van der Waals surface area contributed by atoms with Gasteiger partial charge in [0.05, 0.1) is 11.0 Å². The van der Waals surface area contributed by atoms with E-state index < -0.39 is 0 Å². The van der Waals surface area contributed by atoms with Crippen LogP contribution < -0.4 is 5.32 Å². The standard InChI is InChI=1S/C42H28N2S/c1-3-10-28(11-4-1)29-18-22-31(23-19-29)43-32-24-20-30(21-25-32)34-15-9-16-35-36-26-27-39-40(42(36)45-41(34)35)37-14-7-8-17-38(37)44(39)33-12-5-2-6-13-33/h1-27,43H. The van der Waals surface area contributed by atoms with Gasteiger partial charge in [0.25, 0.3) is 0 Å². The second-order valence-corrected chi connectivity index (χ2v) is 12.5. The first-order valence-electron chi connectivity index (χ1n) is 15.3. The summed E-state index contributed by atoms with van der Waals surface area (Å²) in [5.41, 5.74) is 10.8. The Morgan fingerprint density at radius 1 is 0.400 bits per heavy atom. The predicted molar refractivity (Wildman–Crippen MR) is 194 cm³/mol. The molecule has 2 nitrogen and oxygen atoms in total. The summed E-state index contributed by atoms with van der Waals surface area (Å²) in [4.78, 5) is 0. The number of benzene rings is 7. The summed E-state index contributed by atoms with van der Waals surface area (Å²) in [5, 5.41) is 8.83. The summed E-state index contributed by atoms with van der Waals surface area (Å²) in [7, 11) is 0. The zero-order valence-corrected chi connectivity index (χ0v) is 25.3. The Bertz CT molecular complexity index is 2470. The number of aromatic nitrogens is 1. The van der Waals surface area contributed by atoms with Crippen molar-refractivity contribution in [3.63, 3.8) is 0 Å². The number of nitrogens with one attached hydrogen (secondary N) is 1. The molecule has 0 saturated carbocycles. The van der Waals surface area contributed by atoms with E-state index in [2.05, 4.69) is 174 Å². The van der Waals surface area contributed by atoms with Crippen LogP contribution in [-0.2, 0) is 0 Å². The van der Waals surface area contributed by atoms with Crippen molar-refractivity contribution in [2.75, 3.05) is 5.32 Å². The Hall–Kier alpha value is -5.64. The summed E-state index contributed by atoms with van der Waals surface area (Å²) in [6.07, 6.45) is 0. The maximum absolute atomic E-state index is 3.57. The van der Waals surface area contributed by atoms with Gasteiger partial charge in [0.1, 0.15) is 0 Å². The Labute approximate surface area is 265 Å². The molecular formula is C42H28N2S. The summed E-state index contributed by atoms with van der Waals surface area (Å²) >= 11 is 1.91. The lowest BCUT2D eigenvalue weighted by atomic mass is 10.0. The maximum Gasteiger partial charge on any atom is 0.0555 e. The van der Waals surface area contributed by atoms with E-state index in [1.807, 2.05) is 11.3 Å². The maximum atomic E-state index is 3.57. The van der Waals surface area contributed by atoms with E-state index in [1.165, 1.54) is 69.9 Å². The van der Waals surface area contributed by atoms with Crippen molar-refractivity contribution in [1.82, 2.24) is 4.57 Å². The Morgan fingerprint density at radius 2 is 1.00 bits per heavy atom. The number of thiophene rings is 1. The fraction of sp³-hybridized carbons (Fsp3) is 0. The number of para-hydroxylation sites is 2. The van der Waals surface area contributed by atoms with Gasteiger partial charge in [-0.25, -0.2) is 0 Å². The highest BCUT2D eigenvalue weighted by Crippen LogP contribution is 2.46. The second-order valence-electron chi connectivity index (χ2n) is 11.5. The van der Waals surface area contributed by atoms with Gasteiger partial charge in [0.2, 0.25) is 0 Å². The van der Waals surface area contributed by atoms with Gasteiger partial charge >= 0.3 is 0 Å². The van der Waals surface area contributed by atoms with Crippen molar-refractivity contribution >= 4 is 64.7 Å². The molecule has 2 heterocycles. The number of nitrogens with zero attached hydrogens (tertiary/aromatic N) is 1. The fourth-order valence-electron chi connectivity index (χ4n) is 6.67. The van der Waals surface area contributed by atoms with Crippen molar-refractivity contribution in [3.8, 4) is 27.9 Å². The summed E-state index contributed by atoms with van der Waals surface area (Å²) < 4.78 is 5.07. The van der Waals surface area contributed by atoms with Gasteiger partial charge in [0, 0.05) is 48.0 Å². The number of fused-ring (bicyclic) bond motifs is 7. The third-order valence-corrected chi connectivity index (χ3v) is 10.1. The fourth-order valence-corrected chi connectivity index (χ4v) is 8.06. The van der Waals surface area contributed by atoms with E-state index in [0.717, 1.165) is 11.4 Å². The third-order valence-electron chi connectivity index (χ3n) is 8.79. The molecule has 0 bridgehead atoms. The minimum Gasteiger partial charge on any atom is -0.356 e. The summed E-state index contributed by atoms with van der Waals surface area (Å²) in [5.74, 6) is 0. The van der Waals surface area contributed by atoms with E-state index >= 15 is 0 Å². The number of hydrogen-bond acceptors (Lipinski definition) is 2. The summed E-state index contributed by atoms with van der Waals surface area (Å²) in [6, 6.07) is 58.8. The van der Waals surface area contributed by atoms with Crippen LogP contribution in [0.15, 0.2) is 164 Å². The van der Waals surface area contributed by atoms with Gasteiger partial charge < -0.3 is 9.88 Å². The van der Waals surface area contributed by atoms with Gasteiger partial charge in [-0.1, -0.05) is 115 Å². The first-order valence-corrected chi connectivity index (χ1v) is 16.1. The molecule has 9 rings (SSSR count). The van der Waals surface area contributed by atoms with Crippen LogP contribution in [0.5, 0.6) is 0 Å². The number of hydrogen-bond donors (Lipinski definition) is 1. The van der Waals surface area contributed by atoms with Crippen molar-refractivity contribution in [2.24, 2.45) is 0 Å². The highest BCUT2D eigenvalue weighted by atomic mass is 32.1. The van der Waals surface area contributed by atoms with Crippen molar-refractivity contribution < 1.29 is 0 Å². The van der Waals surface area contributed by atoms with Crippen molar-refractivity contribution in [1.29, 1.82) is 0 Å². The molecule has 0 radical (unpaired) electrons. The summed E-state index contributed by atoms with van der Waals surface area (Å²) in [6.45, 7) is 0. The molecule has 0 spiro atoms. The lowest BCUT2D eigenvalue weighted by molar-refractivity contribution is 1.18. The van der Waals surface area contributed by atoms with Crippen LogP contribution in [-0.4, -0.2) is 4.57 Å². The van der Waals surface area contributed by atoms with E-state index in [0.29, 0.717) is 0 Å². The highest BCUT2D eigenvalue weighted by molar-refractivity contribution is 7.27. The molecule has 0 aliphatic heterocycles. The molecule has 7 aromatic carbocycles. The number of rotatable bonds is 5. The molecule has 0 unspecified atom stereocenters. The molecule has 2 aromatic heterocycles. The molecule has 0 aliphatic rings. The molecule has 0 aliphatic carbocycles. The van der Waals surface area contributed by atoms with Crippen LogP contribution in [0.4, 0.5) is 11.4 Å². The minimum absolute atomic E-state index is 1.07. The van der Waals surface area contributed by atoms with E-state index in [9.17, 15) is 0 Å². The monoisotopic (exact) mass is 592 g/mol. The first-order chi connectivity index (χ1) is 22.3. The molecule has 0 fully saturated rings. The number of anilines is 2. The predicted octanol–water partition coefficient (Wildman–Crippen LogP) is 12.2. The lowest BCUT2D eigenvalue weighted by Gasteiger charge is -2.10. The Morgan fingerprint density at radius 3 is 1.76 bits per heavy atom. The second kappa shape index (κ2) is 10.5. The first kappa shape index (κ1) is 25.8. The Kier molecular flexibility index (Phi) is 6.03. The van der Waals surface area contributed by atoms with Crippen LogP contribution in [0, 0.1) is 0 Å². The van der Waals surface area contributed by atoms with Crippen LogP contribution in [0.25, 0.3) is 69.9 Å². The quantitative estimate of drug-likeness (QED) is 0.210. The normalized spacial score (nSPS) is 11.6.